The van der Waals surface area contributed by atoms with E-state index in [0.717, 1.165) is 11.1 Å². The van der Waals surface area contributed by atoms with Gasteiger partial charge < -0.3 is 9.47 Å². The summed E-state index contributed by atoms with van der Waals surface area (Å²) in [6.07, 6.45) is 3.56. The SMILES string of the molecule is C1=C[C@@H](COCc2ccccc2)OO[C@H]1COCc1ccccc1. The number of hydrogen-bond acceptors (Lipinski definition) is 4. The zero-order valence-electron chi connectivity index (χ0n) is 13.5. The molecule has 1 heterocycles. The molecule has 1 aliphatic rings. The largest absolute Gasteiger partial charge is 0.374 e. The van der Waals surface area contributed by atoms with Crippen molar-refractivity contribution in [3.05, 3.63) is 83.9 Å². The van der Waals surface area contributed by atoms with Crippen molar-refractivity contribution in [2.75, 3.05) is 13.2 Å². The van der Waals surface area contributed by atoms with E-state index < -0.39 is 0 Å². The van der Waals surface area contributed by atoms with E-state index in [-0.39, 0.29) is 12.2 Å². The molecule has 2 atom stereocenters. The second-order valence-electron chi connectivity index (χ2n) is 5.66. The maximum atomic E-state index is 5.65. The van der Waals surface area contributed by atoms with Gasteiger partial charge in [0.05, 0.1) is 26.4 Å². The van der Waals surface area contributed by atoms with Crippen molar-refractivity contribution in [2.24, 2.45) is 0 Å². The van der Waals surface area contributed by atoms with Gasteiger partial charge >= 0.3 is 0 Å². The van der Waals surface area contributed by atoms with Crippen molar-refractivity contribution >= 4 is 0 Å². The Morgan fingerprint density at radius 1 is 0.625 bits per heavy atom. The second-order valence-corrected chi connectivity index (χ2v) is 5.66. The Morgan fingerprint density at radius 2 is 1.04 bits per heavy atom. The van der Waals surface area contributed by atoms with E-state index in [2.05, 4.69) is 0 Å². The van der Waals surface area contributed by atoms with Crippen LogP contribution in [0.5, 0.6) is 0 Å². The lowest BCUT2D eigenvalue weighted by Gasteiger charge is -2.22. The monoisotopic (exact) mass is 326 g/mol. The summed E-state index contributed by atoms with van der Waals surface area (Å²) in [7, 11) is 0. The molecule has 24 heavy (non-hydrogen) atoms. The van der Waals surface area contributed by atoms with Crippen LogP contribution in [-0.4, -0.2) is 25.4 Å². The van der Waals surface area contributed by atoms with E-state index in [4.69, 9.17) is 19.2 Å². The molecular formula is C20H22O4. The van der Waals surface area contributed by atoms with Gasteiger partial charge in [-0.2, -0.15) is 0 Å². The predicted octanol–water partition coefficient (Wildman–Crippen LogP) is 3.68. The normalized spacial score (nSPS) is 20.2. The molecule has 4 heteroatoms. The highest BCUT2D eigenvalue weighted by molar-refractivity contribution is 5.14. The standard InChI is InChI=1S/C20H22O4/c1-3-7-17(8-4-1)13-21-15-19-11-12-20(24-23-19)16-22-14-18-9-5-2-6-10-18/h1-12,19-20H,13-16H2/t19-,20+. The first-order valence-electron chi connectivity index (χ1n) is 8.14. The summed E-state index contributed by atoms with van der Waals surface area (Å²) in [6.45, 7) is 2.06. The molecule has 2 aromatic carbocycles. The van der Waals surface area contributed by atoms with Gasteiger partial charge in [0.15, 0.2) is 0 Å². The van der Waals surface area contributed by atoms with E-state index in [9.17, 15) is 0 Å². The fraction of sp³-hybridized carbons (Fsp3) is 0.300. The van der Waals surface area contributed by atoms with Gasteiger partial charge in [-0.05, 0) is 11.1 Å². The number of ether oxygens (including phenoxy) is 2. The maximum absolute atomic E-state index is 5.65. The summed E-state index contributed by atoms with van der Waals surface area (Å²) in [5.74, 6) is 0. The minimum atomic E-state index is -0.181. The third-order valence-corrected chi connectivity index (χ3v) is 3.63. The molecule has 0 unspecified atom stereocenters. The van der Waals surface area contributed by atoms with Crippen molar-refractivity contribution in [1.29, 1.82) is 0 Å². The highest BCUT2D eigenvalue weighted by atomic mass is 17.2. The van der Waals surface area contributed by atoms with Gasteiger partial charge in [-0.1, -0.05) is 72.8 Å². The second kappa shape index (κ2) is 9.35. The molecule has 0 saturated carbocycles. The molecule has 0 aromatic heterocycles. The van der Waals surface area contributed by atoms with Gasteiger partial charge in [-0.15, -0.1) is 0 Å². The first-order valence-corrected chi connectivity index (χ1v) is 8.14. The van der Waals surface area contributed by atoms with Crippen LogP contribution in [-0.2, 0) is 32.5 Å². The van der Waals surface area contributed by atoms with Gasteiger partial charge in [0, 0.05) is 0 Å². The summed E-state index contributed by atoms with van der Waals surface area (Å²) in [6, 6.07) is 20.1. The molecule has 0 amide bonds. The quantitative estimate of drug-likeness (QED) is 0.548. The lowest BCUT2D eigenvalue weighted by molar-refractivity contribution is -0.349. The topological polar surface area (TPSA) is 36.9 Å². The van der Waals surface area contributed by atoms with E-state index in [1.54, 1.807) is 0 Å². The molecule has 0 N–H and O–H groups in total. The number of hydrogen-bond donors (Lipinski definition) is 0. The molecule has 4 nitrogen and oxygen atoms in total. The van der Waals surface area contributed by atoms with Gasteiger partial charge in [-0.3, -0.25) is 0 Å². The lowest BCUT2D eigenvalue weighted by atomic mass is 10.2. The molecule has 0 fully saturated rings. The van der Waals surface area contributed by atoms with Gasteiger partial charge in [-0.25, -0.2) is 9.78 Å². The molecule has 2 aromatic rings. The molecule has 1 aliphatic heterocycles. The highest BCUT2D eigenvalue weighted by Crippen LogP contribution is 2.12. The first-order chi connectivity index (χ1) is 11.9. The Balaban J connectivity index is 1.32. The van der Waals surface area contributed by atoms with Crippen molar-refractivity contribution in [3.8, 4) is 0 Å². The smallest absolute Gasteiger partial charge is 0.134 e. The van der Waals surface area contributed by atoms with Crippen LogP contribution in [0.1, 0.15) is 11.1 Å². The molecule has 3 rings (SSSR count). The number of rotatable bonds is 8. The zero-order chi connectivity index (χ0) is 16.5. The zero-order valence-corrected chi connectivity index (χ0v) is 13.5. The Kier molecular flexibility index (Phi) is 6.57. The summed E-state index contributed by atoms with van der Waals surface area (Å²) in [5, 5.41) is 0. The highest BCUT2D eigenvalue weighted by Gasteiger charge is 2.18. The molecule has 0 spiro atoms. The fourth-order valence-electron chi connectivity index (χ4n) is 2.36. The van der Waals surface area contributed by atoms with Crippen LogP contribution in [0.4, 0.5) is 0 Å². The molecule has 0 saturated heterocycles. The van der Waals surface area contributed by atoms with E-state index in [1.807, 2.05) is 72.8 Å². The Bertz CT molecular complexity index is 557. The summed E-state index contributed by atoms with van der Waals surface area (Å²) in [4.78, 5) is 10.7. The fourth-order valence-corrected chi connectivity index (χ4v) is 2.36. The van der Waals surface area contributed by atoms with Crippen LogP contribution < -0.4 is 0 Å². The van der Waals surface area contributed by atoms with Gasteiger partial charge in [0.25, 0.3) is 0 Å². The molecule has 0 radical (unpaired) electrons. The van der Waals surface area contributed by atoms with Gasteiger partial charge in [0.1, 0.15) is 12.2 Å². The third kappa shape index (κ3) is 5.58. The van der Waals surface area contributed by atoms with Crippen LogP contribution in [0.25, 0.3) is 0 Å². The van der Waals surface area contributed by atoms with Crippen LogP contribution in [0.15, 0.2) is 72.8 Å². The van der Waals surface area contributed by atoms with Crippen LogP contribution in [0.3, 0.4) is 0 Å². The summed E-state index contributed by atoms with van der Waals surface area (Å²) < 4.78 is 11.3. The minimum Gasteiger partial charge on any atom is -0.374 e. The number of benzene rings is 2. The molecule has 0 bridgehead atoms. The average molecular weight is 326 g/mol. The Labute approximate surface area is 142 Å². The lowest BCUT2D eigenvalue weighted by Crippen LogP contribution is -2.28. The van der Waals surface area contributed by atoms with Crippen molar-refractivity contribution in [3.63, 3.8) is 0 Å². The molecular weight excluding hydrogens is 304 g/mol. The molecule has 0 aliphatic carbocycles. The first kappa shape index (κ1) is 16.9. The predicted molar refractivity (Wildman–Crippen MR) is 91.1 cm³/mol. The van der Waals surface area contributed by atoms with E-state index in [0.29, 0.717) is 26.4 Å². The van der Waals surface area contributed by atoms with E-state index in [1.165, 1.54) is 0 Å². The summed E-state index contributed by atoms with van der Waals surface area (Å²) in [5.41, 5.74) is 2.29. The third-order valence-electron chi connectivity index (χ3n) is 3.63. The molecule has 126 valence electrons. The summed E-state index contributed by atoms with van der Waals surface area (Å²) >= 11 is 0. The van der Waals surface area contributed by atoms with E-state index >= 15 is 0 Å². The van der Waals surface area contributed by atoms with Crippen molar-refractivity contribution < 1.29 is 19.2 Å². The maximum Gasteiger partial charge on any atom is 0.134 e. The Morgan fingerprint density at radius 3 is 1.42 bits per heavy atom. The van der Waals surface area contributed by atoms with Crippen LogP contribution in [0.2, 0.25) is 0 Å². The minimum absolute atomic E-state index is 0.181. The van der Waals surface area contributed by atoms with Crippen LogP contribution in [0, 0.1) is 0 Å². The van der Waals surface area contributed by atoms with Gasteiger partial charge in [0.2, 0.25) is 0 Å². The van der Waals surface area contributed by atoms with Crippen LogP contribution >= 0.6 is 0 Å². The van der Waals surface area contributed by atoms with Crippen molar-refractivity contribution in [1.82, 2.24) is 0 Å². The average Bonchev–Trinajstić information content (AvgIpc) is 2.65. The Hall–Kier alpha value is -1.98. The van der Waals surface area contributed by atoms with Crippen molar-refractivity contribution in [2.45, 2.75) is 25.4 Å².